The summed E-state index contributed by atoms with van der Waals surface area (Å²) in [6, 6.07) is 14.0. The zero-order valence-corrected chi connectivity index (χ0v) is 20.5. The summed E-state index contributed by atoms with van der Waals surface area (Å²) in [5.74, 6) is 0.265. The van der Waals surface area contributed by atoms with Crippen LogP contribution in [0.2, 0.25) is 0 Å². The Bertz CT molecular complexity index is 1040. The minimum absolute atomic E-state index is 0.188. The van der Waals surface area contributed by atoms with Crippen LogP contribution >= 0.6 is 0 Å². The van der Waals surface area contributed by atoms with Crippen LogP contribution < -0.4 is 14.4 Å². The fraction of sp³-hybridized carbons (Fsp3) is 0.417. The molecule has 0 bridgehead atoms. The van der Waals surface area contributed by atoms with E-state index in [-0.39, 0.29) is 12.5 Å². The summed E-state index contributed by atoms with van der Waals surface area (Å²) in [5, 5.41) is 2.79. The van der Waals surface area contributed by atoms with E-state index in [9.17, 15) is 18.0 Å². The number of nitrogens with zero attached hydrogens (tertiary/aromatic N) is 2. The van der Waals surface area contributed by atoms with Crippen LogP contribution in [0.25, 0.3) is 0 Å². The summed E-state index contributed by atoms with van der Waals surface area (Å²) in [4.78, 5) is 25.9. The molecule has 33 heavy (non-hydrogen) atoms. The second-order valence-corrected chi connectivity index (χ2v) is 9.83. The standard InChI is InChI=1S/C24H33N3O5S/c1-5-17-32-22-11-7-6-9-19(22)10-8-16-25-23(28)18-27(33(4,30)31)21-14-12-20(13-15-21)24(29)26(2)3/h6-7,9,11-15H,5,8,10,16-18H2,1-4H3,(H,25,28). The molecule has 2 rings (SSSR count). The highest BCUT2D eigenvalue weighted by Gasteiger charge is 2.21. The largest absolute Gasteiger partial charge is 0.493 e. The molecule has 0 unspecified atom stereocenters. The highest BCUT2D eigenvalue weighted by molar-refractivity contribution is 7.92. The van der Waals surface area contributed by atoms with Crippen LogP contribution in [0.5, 0.6) is 5.75 Å². The van der Waals surface area contributed by atoms with Gasteiger partial charge in [-0.1, -0.05) is 25.1 Å². The topological polar surface area (TPSA) is 96.0 Å². The van der Waals surface area contributed by atoms with E-state index in [0.717, 1.165) is 34.7 Å². The number of anilines is 1. The fourth-order valence-electron chi connectivity index (χ4n) is 3.18. The van der Waals surface area contributed by atoms with E-state index in [4.69, 9.17) is 4.74 Å². The molecule has 0 aliphatic rings. The Balaban J connectivity index is 1.94. The molecule has 0 radical (unpaired) electrons. The molecule has 2 aromatic rings. The molecule has 2 amide bonds. The number of hydrogen-bond acceptors (Lipinski definition) is 5. The number of sulfonamides is 1. The number of amides is 2. The van der Waals surface area contributed by atoms with E-state index < -0.39 is 15.9 Å². The number of ether oxygens (including phenoxy) is 1. The first kappa shape index (κ1) is 26.2. The average Bonchev–Trinajstić information content (AvgIpc) is 2.78. The van der Waals surface area contributed by atoms with Gasteiger partial charge in [-0.2, -0.15) is 0 Å². The highest BCUT2D eigenvalue weighted by Crippen LogP contribution is 2.20. The van der Waals surface area contributed by atoms with Crippen LogP contribution in [0, 0.1) is 0 Å². The van der Waals surface area contributed by atoms with Gasteiger partial charge in [0.25, 0.3) is 5.91 Å². The summed E-state index contributed by atoms with van der Waals surface area (Å²) < 4.78 is 31.4. The van der Waals surface area contributed by atoms with Crippen molar-refractivity contribution in [3.05, 3.63) is 59.7 Å². The molecule has 180 valence electrons. The van der Waals surface area contributed by atoms with E-state index >= 15 is 0 Å². The van der Waals surface area contributed by atoms with Crippen molar-refractivity contribution >= 4 is 27.5 Å². The van der Waals surface area contributed by atoms with Gasteiger partial charge in [0.1, 0.15) is 12.3 Å². The summed E-state index contributed by atoms with van der Waals surface area (Å²) in [7, 11) is -0.412. The predicted octanol–water partition coefficient (Wildman–Crippen LogP) is 2.69. The van der Waals surface area contributed by atoms with E-state index in [1.54, 1.807) is 26.2 Å². The van der Waals surface area contributed by atoms with Gasteiger partial charge in [-0.25, -0.2) is 8.42 Å². The SMILES string of the molecule is CCCOc1ccccc1CCCNC(=O)CN(c1ccc(C(=O)N(C)C)cc1)S(C)(=O)=O. The van der Waals surface area contributed by atoms with Crippen molar-refractivity contribution in [2.24, 2.45) is 0 Å². The molecule has 2 aromatic carbocycles. The van der Waals surface area contributed by atoms with Gasteiger partial charge in [-0.3, -0.25) is 13.9 Å². The van der Waals surface area contributed by atoms with Crippen molar-refractivity contribution in [2.75, 3.05) is 44.4 Å². The van der Waals surface area contributed by atoms with Crippen LogP contribution in [0.3, 0.4) is 0 Å². The third-order valence-electron chi connectivity index (χ3n) is 4.88. The number of rotatable bonds is 12. The molecule has 1 N–H and O–H groups in total. The summed E-state index contributed by atoms with van der Waals surface area (Å²) in [5.41, 5.74) is 1.83. The fourth-order valence-corrected chi connectivity index (χ4v) is 4.04. The van der Waals surface area contributed by atoms with E-state index in [1.807, 2.05) is 24.3 Å². The molecule has 0 aromatic heterocycles. The maximum atomic E-state index is 12.5. The van der Waals surface area contributed by atoms with Gasteiger partial charge in [-0.15, -0.1) is 0 Å². The quantitative estimate of drug-likeness (QED) is 0.476. The number of carbonyl (C=O) groups is 2. The highest BCUT2D eigenvalue weighted by atomic mass is 32.2. The van der Waals surface area contributed by atoms with Gasteiger partial charge in [0, 0.05) is 26.2 Å². The average molecular weight is 476 g/mol. The molecular weight excluding hydrogens is 442 g/mol. The van der Waals surface area contributed by atoms with Crippen LogP contribution in [0.4, 0.5) is 5.69 Å². The summed E-state index contributed by atoms with van der Waals surface area (Å²) in [6.07, 6.45) is 3.40. The van der Waals surface area contributed by atoms with Crippen molar-refractivity contribution in [1.82, 2.24) is 10.2 Å². The minimum atomic E-state index is -3.69. The summed E-state index contributed by atoms with van der Waals surface area (Å²) in [6.45, 7) is 2.78. The molecule has 9 heteroatoms. The van der Waals surface area contributed by atoms with Crippen molar-refractivity contribution in [3.8, 4) is 5.75 Å². The van der Waals surface area contributed by atoms with Crippen molar-refractivity contribution in [2.45, 2.75) is 26.2 Å². The normalized spacial score (nSPS) is 11.0. The number of carbonyl (C=O) groups excluding carboxylic acids is 2. The van der Waals surface area contributed by atoms with E-state index in [0.29, 0.717) is 30.8 Å². The Kier molecular flexibility index (Phi) is 9.72. The number of nitrogens with one attached hydrogen (secondary N) is 1. The smallest absolute Gasteiger partial charge is 0.253 e. The lowest BCUT2D eigenvalue weighted by Gasteiger charge is -2.22. The van der Waals surface area contributed by atoms with Gasteiger partial charge in [0.05, 0.1) is 18.6 Å². The number of aryl methyl sites for hydroxylation is 1. The van der Waals surface area contributed by atoms with Crippen LogP contribution in [-0.2, 0) is 21.2 Å². The van der Waals surface area contributed by atoms with Crippen LogP contribution in [0.15, 0.2) is 48.5 Å². The molecule has 8 nitrogen and oxygen atoms in total. The number of benzene rings is 2. The van der Waals surface area contributed by atoms with Gasteiger partial charge in [0.2, 0.25) is 15.9 Å². The molecule has 0 aliphatic carbocycles. The lowest BCUT2D eigenvalue weighted by atomic mass is 10.1. The second-order valence-electron chi connectivity index (χ2n) is 7.93. The van der Waals surface area contributed by atoms with Gasteiger partial charge < -0.3 is 15.0 Å². The molecule has 0 fully saturated rings. The number of hydrogen-bond donors (Lipinski definition) is 1. The van der Waals surface area contributed by atoms with E-state index in [2.05, 4.69) is 12.2 Å². The Morgan fingerprint density at radius 3 is 2.30 bits per heavy atom. The number of para-hydroxylation sites is 1. The van der Waals surface area contributed by atoms with Crippen molar-refractivity contribution in [3.63, 3.8) is 0 Å². The van der Waals surface area contributed by atoms with Crippen LogP contribution in [-0.4, -0.2) is 65.2 Å². The minimum Gasteiger partial charge on any atom is -0.493 e. The van der Waals surface area contributed by atoms with Gasteiger partial charge in [0.15, 0.2) is 0 Å². The molecule has 0 heterocycles. The molecular formula is C24H33N3O5S. The maximum absolute atomic E-state index is 12.5. The second kappa shape index (κ2) is 12.2. The molecule has 0 saturated carbocycles. The Labute approximate surface area is 196 Å². The maximum Gasteiger partial charge on any atom is 0.253 e. The van der Waals surface area contributed by atoms with E-state index in [1.165, 1.54) is 17.0 Å². The summed E-state index contributed by atoms with van der Waals surface area (Å²) >= 11 is 0. The zero-order valence-electron chi connectivity index (χ0n) is 19.7. The predicted molar refractivity (Wildman–Crippen MR) is 130 cm³/mol. The van der Waals surface area contributed by atoms with Crippen molar-refractivity contribution < 1.29 is 22.7 Å². The van der Waals surface area contributed by atoms with Crippen LogP contribution in [0.1, 0.15) is 35.7 Å². The van der Waals surface area contributed by atoms with Gasteiger partial charge >= 0.3 is 0 Å². The Morgan fingerprint density at radius 1 is 1.03 bits per heavy atom. The Morgan fingerprint density at radius 2 is 1.70 bits per heavy atom. The lowest BCUT2D eigenvalue weighted by molar-refractivity contribution is -0.119. The first-order chi connectivity index (χ1) is 15.6. The molecule has 0 atom stereocenters. The molecule has 0 saturated heterocycles. The first-order valence-corrected chi connectivity index (χ1v) is 12.7. The van der Waals surface area contributed by atoms with Crippen molar-refractivity contribution in [1.29, 1.82) is 0 Å². The monoisotopic (exact) mass is 475 g/mol. The molecule has 0 spiro atoms. The third kappa shape index (κ3) is 8.09. The third-order valence-corrected chi connectivity index (χ3v) is 6.02. The molecule has 0 aliphatic heterocycles. The van der Waals surface area contributed by atoms with Gasteiger partial charge in [-0.05, 0) is 55.2 Å². The first-order valence-electron chi connectivity index (χ1n) is 10.9. The lowest BCUT2D eigenvalue weighted by Crippen LogP contribution is -2.40. The Hall–Kier alpha value is -3.07. The zero-order chi connectivity index (χ0) is 24.4.